The summed E-state index contributed by atoms with van der Waals surface area (Å²) in [7, 11) is 3.96. The van der Waals surface area contributed by atoms with E-state index in [1.54, 1.807) is 0 Å². The van der Waals surface area contributed by atoms with Crippen LogP contribution in [0.15, 0.2) is 0 Å². The van der Waals surface area contributed by atoms with Crippen LogP contribution in [0.4, 0.5) is 5.00 Å². The molecule has 0 saturated carbocycles. The molecule has 1 aliphatic heterocycles. The van der Waals surface area contributed by atoms with Gasteiger partial charge < -0.3 is 29.3 Å². The maximum atomic E-state index is 13.5. The molecule has 0 aromatic carbocycles. The third-order valence-corrected chi connectivity index (χ3v) is 14.0. The van der Waals surface area contributed by atoms with Crippen LogP contribution >= 0.6 is 11.3 Å². The predicted octanol–water partition coefficient (Wildman–Crippen LogP) is 13.5. The number of anilines is 1. The molecule has 0 spiro atoms. The molecule has 1 aromatic heterocycles. The van der Waals surface area contributed by atoms with Crippen molar-refractivity contribution in [3.8, 4) is 0 Å². The highest BCUT2D eigenvalue weighted by atomic mass is 32.1. The Morgan fingerprint density at radius 3 is 1.71 bits per heavy atom. The van der Waals surface area contributed by atoms with Gasteiger partial charge in [-0.05, 0) is 83.9 Å². The fourth-order valence-electron chi connectivity index (χ4n) is 8.68. The summed E-state index contributed by atoms with van der Waals surface area (Å²) in [6.07, 6.45) is 32.6. The van der Waals surface area contributed by atoms with Crippen LogP contribution in [0.2, 0.25) is 0 Å². The highest BCUT2D eigenvalue weighted by molar-refractivity contribution is 7.17. The van der Waals surface area contributed by atoms with Crippen molar-refractivity contribution in [1.29, 1.82) is 0 Å². The predicted molar refractivity (Wildman–Crippen MR) is 271 cm³/mol. The quantitative estimate of drug-likeness (QED) is 0.0386. The number of thiophene rings is 1. The molecule has 1 unspecified atom stereocenters. The molecule has 1 aliphatic rings. The summed E-state index contributed by atoms with van der Waals surface area (Å²) in [5.74, 6) is -0.727. The molecule has 380 valence electrons. The van der Waals surface area contributed by atoms with E-state index in [-0.39, 0.29) is 42.7 Å². The summed E-state index contributed by atoms with van der Waals surface area (Å²) in [5, 5.41) is 3.52. The van der Waals surface area contributed by atoms with Crippen molar-refractivity contribution in [3.05, 3.63) is 16.0 Å². The standard InChI is InChI=1S/C54H95N3O8S/c1-6-9-12-15-17-18-19-23-30-41-63-50(60)37-29-22-21-28-36-49(59)57-40-38-46-47(44-57)66-52(51(46)54(62)65-43-32-39-56(4)5)55-48(58)35-27-24-31-42-64-53(61)45(33-25-14-11-8-3)34-26-20-16-13-10-7-2/h45H,6-44H2,1-5H3,(H,55,58). The third-order valence-electron chi connectivity index (χ3n) is 12.8. The van der Waals surface area contributed by atoms with Crippen LogP contribution in [0.3, 0.4) is 0 Å². The van der Waals surface area contributed by atoms with Crippen LogP contribution in [0.25, 0.3) is 0 Å². The van der Waals surface area contributed by atoms with E-state index in [0.717, 1.165) is 94.0 Å². The zero-order chi connectivity index (χ0) is 48.0. The van der Waals surface area contributed by atoms with Gasteiger partial charge in [-0.25, -0.2) is 4.79 Å². The first kappa shape index (κ1) is 59.1. The molecule has 1 atom stereocenters. The summed E-state index contributed by atoms with van der Waals surface area (Å²) in [5.41, 5.74) is 1.28. The van der Waals surface area contributed by atoms with E-state index in [9.17, 15) is 24.0 Å². The van der Waals surface area contributed by atoms with E-state index < -0.39 is 5.97 Å². The van der Waals surface area contributed by atoms with Crippen LogP contribution in [0.1, 0.15) is 247 Å². The van der Waals surface area contributed by atoms with Gasteiger partial charge in [0.05, 0.1) is 37.8 Å². The van der Waals surface area contributed by atoms with Gasteiger partial charge in [0.15, 0.2) is 0 Å². The Morgan fingerprint density at radius 2 is 1.09 bits per heavy atom. The van der Waals surface area contributed by atoms with Crippen LogP contribution in [0, 0.1) is 5.92 Å². The van der Waals surface area contributed by atoms with Gasteiger partial charge in [-0.2, -0.15) is 0 Å². The van der Waals surface area contributed by atoms with E-state index in [0.29, 0.717) is 75.4 Å². The SMILES string of the molecule is CCCCCCCCCCCOC(=O)CCCCCCC(=O)N1CCc2c(sc(NC(=O)CCCCCOC(=O)C(CCCCCC)CCCCCCCC)c2C(=O)OCCCN(C)C)C1. The maximum Gasteiger partial charge on any atom is 0.341 e. The lowest BCUT2D eigenvalue weighted by atomic mass is 9.94. The first-order valence-electron chi connectivity index (χ1n) is 27.0. The summed E-state index contributed by atoms with van der Waals surface area (Å²) >= 11 is 1.37. The summed E-state index contributed by atoms with van der Waals surface area (Å²) in [6, 6.07) is 0. The van der Waals surface area contributed by atoms with Crippen molar-refractivity contribution in [2.75, 3.05) is 52.3 Å². The largest absolute Gasteiger partial charge is 0.466 e. The smallest absolute Gasteiger partial charge is 0.341 e. The molecule has 0 aliphatic carbocycles. The second kappa shape index (κ2) is 38.9. The minimum absolute atomic E-state index is 0.0201. The molecular weight excluding hydrogens is 851 g/mol. The van der Waals surface area contributed by atoms with E-state index in [2.05, 4.69) is 26.1 Å². The number of fused-ring (bicyclic) bond motifs is 1. The number of carbonyl (C=O) groups is 5. The normalized spacial score (nSPS) is 12.8. The van der Waals surface area contributed by atoms with E-state index in [1.165, 1.54) is 101 Å². The molecule has 1 aromatic rings. The van der Waals surface area contributed by atoms with Gasteiger partial charge in [0.2, 0.25) is 11.8 Å². The summed E-state index contributed by atoms with van der Waals surface area (Å²) in [4.78, 5) is 70.2. The molecule has 2 rings (SSSR count). The van der Waals surface area contributed by atoms with Crippen molar-refractivity contribution >= 4 is 46.1 Å². The number of hydrogen-bond acceptors (Lipinski definition) is 10. The summed E-state index contributed by atoms with van der Waals surface area (Å²) < 4.78 is 16.9. The van der Waals surface area contributed by atoms with E-state index >= 15 is 0 Å². The molecule has 2 amide bonds. The molecule has 12 heteroatoms. The van der Waals surface area contributed by atoms with Crippen LogP contribution < -0.4 is 5.32 Å². The Balaban J connectivity index is 1.80. The van der Waals surface area contributed by atoms with Gasteiger partial charge in [-0.15, -0.1) is 11.3 Å². The minimum atomic E-state index is -0.435. The third kappa shape index (κ3) is 27.7. The number of esters is 3. The molecule has 1 N–H and O–H groups in total. The van der Waals surface area contributed by atoms with Gasteiger partial charge in [0.1, 0.15) is 5.00 Å². The highest BCUT2D eigenvalue weighted by Crippen LogP contribution is 2.38. The number of nitrogens with one attached hydrogen (secondary N) is 1. The van der Waals surface area contributed by atoms with Gasteiger partial charge in [0, 0.05) is 37.2 Å². The number of amides is 2. The number of carbonyl (C=O) groups excluding carboxylic acids is 5. The zero-order valence-corrected chi connectivity index (χ0v) is 43.5. The van der Waals surface area contributed by atoms with E-state index in [4.69, 9.17) is 14.2 Å². The van der Waals surface area contributed by atoms with Gasteiger partial charge in [-0.1, -0.05) is 149 Å². The second-order valence-electron chi connectivity index (χ2n) is 19.2. The van der Waals surface area contributed by atoms with Gasteiger partial charge >= 0.3 is 17.9 Å². The van der Waals surface area contributed by atoms with Crippen molar-refractivity contribution in [1.82, 2.24) is 9.80 Å². The number of rotatable bonds is 42. The average Bonchev–Trinajstić information content (AvgIpc) is 3.66. The van der Waals surface area contributed by atoms with Gasteiger partial charge in [-0.3, -0.25) is 19.2 Å². The number of hydrogen-bond donors (Lipinski definition) is 1. The van der Waals surface area contributed by atoms with Crippen molar-refractivity contribution in [2.24, 2.45) is 5.92 Å². The molecule has 2 heterocycles. The molecule has 0 saturated heterocycles. The number of unbranched alkanes of at least 4 members (excludes halogenated alkanes) is 21. The van der Waals surface area contributed by atoms with Crippen molar-refractivity contribution in [2.45, 2.75) is 239 Å². The van der Waals surface area contributed by atoms with Gasteiger partial charge in [0.25, 0.3) is 0 Å². The maximum absolute atomic E-state index is 13.5. The van der Waals surface area contributed by atoms with Crippen LogP contribution in [0.5, 0.6) is 0 Å². The van der Waals surface area contributed by atoms with E-state index in [1.807, 2.05) is 23.9 Å². The molecule has 11 nitrogen and oxygen atoms in total. The Kier molecular flexibility index (Phi) is 34.9. The molecule has 66 heavy (non-hydrogen) atoms. The average molecular weight is 946 g/mol. The van der Waals surface area contributed by atoms with Crippen molar-refractivity contribution in [3.63, 3.8) is 0 Å². The molecule has 0 bridgehead atoms. The Labute approximate surface area is 406 Å². The molecule has 0 radical (unpaired) electrons. The lowest BCUT2D eigenvalue weighted by Crippen LogP contribution is -2.35. The molecular formula is C54H95N3O8S. The fourth-order valence-corrected chi connectivity index (χ4v) is 9.95. The Morgan fingerprint density at radius 1 is 0.591 bits per heavy atom. The molecule has 0 fully saturated rings. The topological polar surface area (TPSA) is 132 Å². The first-order chi connectivity index (χ1) is 32.1. The summed E-state index contributed by atoms with van der Waals surface area (Å²) in [6.45, 7) is 9.53. The number of ether oxygens (including phenoxy) is 3. The highest BCUT2D eigenvalue weighted by Gasteiger charge is 2.31. The lowest BCUT2D eigenvalue weighted by molar-refractivity contribution is -0.149. The lowest BCUT2D eigenvalue weighted by Gasteiger charge is -2.27. The first-order valence-corrected chi connectivity index (χ1v) is 27.8. The monoisotopic (exact) mass is 946 g/mol. The Bertz CT molecular complexity index is 1460. The Hall–Kier alpha value is -2.99. The van der Waals surface area contributed by atoms with Crippen LogP contribution in [-0.2, 0) is 46.4 Å². The fraction of sp³-hybridized carbons (Fsp3) is 0.833. The second-order valence-corrected chi connectivity index (χ2v) is 20.3. The van der Waals surface area contributed by atoms with Crippen molar-refractivity contribution < 1.29 is 38.2 Å². The number of nitrogens with zero attached hydrogens (tertiary/aromatic N) is 2. The minimum Gasteiger partial charge on any atom is -0.466 e. The van der Waals surface area contributed by atoms with Crippen LogP contribution in [-0.4, -0.2) is 86.5 Å². The zero-order valence-electron chi connectivity index (χ0n) is 42.7.